The van der Waals surface area contributed by atoms with Gasteiger partial charge >= 0.3 is 0 Å². The van der Waals surface area contributed by atoms with Crippen LogP contribution in [0.2, 0.25) is 5.02 Å². The molecule has 23 heavy (non-hydrogen) atoms. The third kappa shape index (κ3) is 4.14. The first-order chi connectivity index (χ1) is 11.2. The number of carbonyl (C=O) groups is 1. The van der Waals surface area contributed by atoms with Crippen LogP contribution in [0.5, 0.6) is 0 Å². The van der Waals surface area contributed by atoms with Crippen LogP contribution in [0, 0.1) is 0 Å². The lowest BCUT2D eigenvalue weighted by atomic mass is 10.2. The van der Waals surface area contributed by atoms with E-state index < -0.39 is 0 Å². The van der Waals surface area contributed by atoms with Crippen molar-refractivity contribution in [3.8, 4) is 11.4 Å². The van der Waals surface area contributed by atoms with E-state index >= 15 is 0 Å². The molecule has 0 unspecified atom stereocenters. The van der Waals surface area contributed by atoms with E-state index in [1.807, 2.05) is 42.5 Å². The molecule has 1 heterocycles. The van der Waals surface area contributed by atoms with Crippen molar-refractivity contribution in [3.05, 3.63) is 65.2 Å². The first-order valence-electron chi connectivity index (χ1n) is 7.05. The zero-order chi connectivity index (χ0) is 16.1. The number of aromatic nitrogens is 4. The average molecular weight is 328 g/mol. The number of halogens is 1. The zero-order valence-corrected chi connectivity index (χ0v) is 12.9. The molecule has 1 amide bonds. The smallest absolute Gasteiger partial charge is 0.243 e. The van der Waals surface area contributed by atoms with Crippen LogP contribution >= 0.6 is 11.6 Å². The third-order valence-electron chi connectivity index (χ3n) is 3.15. The van der Waals surface area contributed by atoms with Crippen molar-refractivity contribution in [3.63, 3.8) is 0 Å². The van der Waals surface area contributed by atoms with Crippen molar-refractivity contribution >= 4 is 17.5 Å². The Kier molecular flexibility index (Phi) is 4.63. The van der Waals surface area contributed by atoms with Gasteiger partial charge in [-0.2, -0.15) is 4.80 Å². The summed E-state index contributed by atoms with van der Waals surface area (Å²) in [6.07, 6.45) is 0. The Morgan fingerprint density at radius 2 is 1.96 bits per heavy atom. The molecule has 3 rings (SSSR count). The Labute approximate surface area is 138 Å². The second kappa shape index (κ2) is 7.02. The van der Waals surface area contributed by atoms with Gasteiger partial charge < -0.3 is 5.32 Å². The van der Waals surface area contributed by atoms with Gasteiger partial charge in [-0.1, -0.05) is 54.1 Å². The van der Waals surface area contributed by atoms with Gasteiger partial charge in [-0.3, -0.25) is 4.79 Å². The van der Waals surface area contributed by atoms with Crippen molar-refractivity contribution in [2.45, 2.75) is 13.1 Å². The van der Waals surface area contributed by atoms with E-state index in [1.54, 1.807) is 12.1 Å². The van der Waals surface area contributed by atoms with Crippen LogP contribution in [0.4, 0.5) is 0 Å². The summed E-state index contributed by atoms with van der Waals surface area (Å²) >= 11 is 5.94. The first kappa shape index (κ1) is 15.2. The summed E-state index contributed by atoms with van der Waals surface area (Å²) in [5, 5.41) is 15.4. The number of nitrogens with zero attached hydrogens (tertiary/aromatic N) is 4. The standard InChI is InChI=1S/C16H14ClN5O/c17-14-8-4-7-13(9-14)16-19-21-22(20-16)11-15(23)18-10-12-5-2-1-3-6-12/h1-9H,10-11H2,(H,18,23). The highest BCUT2D eigenvalue weighted by Gasteiger charge is 2.09. The molecule has 1 N–H and O–H groups in total. The van der Waals surface area contributed by atoms with Gasteiger partial charge in [0, 0.05) is 17.1 Å². The van der Waals surface area contributed by atoms with E-state index in [4.69, 9.17) is 11.6 Å². The Hall–Kier alpha value is -2.73. The van der Waals surface area contributed by atoms with Crippen LogP contribution in [0.3, 0.4) is 0 Å². The maximum absolute atomic E-state index is 11.9. The fourth-order valence-electron chi connectivity index (χ4n) is 2.03. The summed E-state index contributed by atoms with van der Waals surface area (Å²) in [7, 11) is 0. The fourth-order valence-corrected chi connectivity index (χ4v) is 2.22. The molecular formula is C16H14ClN5O. The second-order valence-electron chi connectivity index (χ2n) is 4.92. The van der Waals surface area contributed by atoms with Gasteiger partial charge in [0.2, 0.25) is 11.7 Å². The molecule has 0 aliphatic rings. The largest absolute Gasteiger partial charge is 0.350 e. The van der Waals surface area contributed by atoms with Crippen molar-refractivity contribution in [1.29, 1.82) is 0 Å². The predicted octanol–water partition coefficient (Wildman–Crippen LogP) is 2.31. The molecule has 7 heteroatoms. The highest BCUT2D eigenvalue weighted by atomic mass is 35.5. The quantitative estimate of drug-likeness (QED) is 0.780. The van der Waals surface area contributed by atoms with E-state index in [-0.39, 0.29) is 12.5 Å². The Bertz CT molecular complexity index is 803. The molecule has 0 spiro atoms. The molecular weight excluding hydrogens is 314 g/mol. The zero-order valence-electron chi connectivity index (χ0n) is 12.2. The highest BCUT2D eigenvalue weighted by Crippen LogP contribution is 2.18. The lowest BCUT2D eigenvalue weighted by Gasteiger charge is -2.04. The average Bonchev–Trinajstić information content (AvgIpc) is 3.02. The molecule has 6 nitrogen and oxygen atoms in total. The van der Waals surface area contributed by atoms with Crippen molar-refractivity contribution in [2.75, 3.05) is 0 Å². The molecule has 0 atom stereocenters. The molecule has 0 radical (unpaired) electrons. The van der Waals surface area contributed by atoms with E-state index in [0.717, 1.165) is 11.1 Å². The van der Waals surface area contributed by atoms with Crippen LogP contribution in [0.25, 0.3) is 11.4 Å². The topological polar surface area (TPSA) is 72.7 Å². The number of hydrogen-bond acceptors (Lipinski definition) is 4. The maximum atomic E-state index is 11.9. The van der Waals surface area contributed by atoms with E-state index in [0.29, 0.717) is 17.4 Å². The summed E-state index contributed by atoms with van der Waals surface area (Å²) in [4.78, 5) is 13.2. The monoisotopic (exact) mass is 327 g/mol. The van der Waals surface area contributed by atoms with Gasteiger partial charge in [0.05, 0.1) is 0 Å². The molecule has 3 aromatic rings. The fraction of sp³-hybridized carbons (Fsp3) is 0.125. The lowest BCUT2D eigenvalue weighted by Crippen LogP contribution is -2.28. The van der Waals surface area contributed by atoms with E-state index in [9.17, 15) is 4.79 Å². The van der Waals surface area contributed by atoms with Gasteiger partial charge in [0.25, 0.3) is 0 Å². The second-order valence-corrected chi connectivity index (χ2v) is 5.35. The van der Waals surface area contributed by atoms with Crippen LogP contribution in [-0.2, 0) is 17.9 Å². The molecule has 0 saturated carbocycles. The third-order valence-corrected chi connectivity index (χ3v) is 3.39. The molecule has 1 aromatic heterocycles. The number of nitrogens with one attached hydrogen (secondary N) is 1. The number of rotatable bonds is 5. The minimum Gasteiger partial charge on any atom is -0.350 e. The number of amides is 1. The molecule has 0 aliphatic carbocycles. The minimum absolute atomic E-state index is 0.0143. The summed E-state index contributed by atoms with van der Waals surface area (Å²) in [5.41, 5.74) is 1.79. The normalized spacial score (nSPS) is 10.5. The first-order valence-corrected chi connectivity index (χ1v) is 7.43. The summed E-state index contributed by atoms with van der Waals surface area (Å²) in [6.45, 7) is 0.482. The predicted molar refractivity (Wildman–Crippen MR) is 86.6 cm³/mol. The number of hydrogen-bond donors (Lipinski definition) is 1. The molecule has 0 aliphatic heterocycles. The molecule has 2 aromatic carbocycles. The van der Waals surface area contributed by atoms with E-state index in [1.165, 1.54) is 4.80 Å². The van der Waals surface area contributed by atoms with Crippen LogP contribution in [0.1, 0.15) is 5.56 Å². The summed E-state index contributed by atoms with van der Waals surface area (Å²) in [6, 6.07) is 16.9. The minimum atomic E-state index is -0.177. The molecule has 0 saturated heterocycles. The molecule has 0 bridgehead atoms. The van der Waals surface area contributed by atoms with Crippen molar-refractivity contribution < 1.29 is 4.79 Å². The van der Waals surface area contributed by atoms with Crippen molar-refractivity contribution in [1.82, 2.24) is 25.5 Å². The number of benzene rings is 2. The lowest BCUT2D eigenvalue weighted by molar-refractivity contribution is -0.122. The van der Waals surface area contributed by atoms with Gasteiger partial charge in [0.1, 0.15) is 6.54 Å². The van der Waals surface area contributed by atoms with Crippen LogP contribution in [0.15, 0.2) is 54.6 Å². The molecule has 0 fully saturated rings. The Balaban J connectivity index is 1.59. The van der Waals surface area contributed by atoms with Gasteiger partial charge in [0.15, 0.2) is 0 Å². The van der Waals surface area contributed by atoms with Crippen LogP contribution in [-0.4, -0.2) is 26.1 Å². The maximum Gasteiger partial charge on any atom is 0.243 e. The number of tetrazole rings is 1. The highest BCUT2D eigenvalue weighted by molar-refractivity contribution is 6.30. The van der Waals surface area contributed by atoms with Crippen LogP contribution < -0.4 is 5.32 Å². The van der Waals surface area contributed by atoms with Gasteiger partial charge in [-0.15, -0.1) is 10.2 Å². The number of carbonyl (C=O) groups excluding carboxylic acids is 1. The Morgan fingerprint density at radius 1 is 1.13 bits per heavy atom. The summed E-state index contributed by atoms with van der Waals surface area (Å²) < 4.78 is 0. The van der Waals surface area contributed by atoms with Gasteiger partial charge in [-0.25, -0.2) is 0 Å². The Morgan fingerprint density at radius 3 is 2.74 bits per heavy atom. The van der Waals surface area contributed by atoms with Crippen molar-refractivity contribution in [2.24, 2.45) is 0 Å². The SMILES string of the molecule is O=C(Cn1nnc(-c2cccc(Cl)c2)n1)NCc1ccccc1. The molecule has 116 valence electrons. The van der Waals surface area contributed by atoms with E-state index in [2.05, 4.69) is 20.7 Å². The summed E-state index contributed by atoms with van der Waals surface area (Å²) in [5.74, 6) is 0.257. The van der Waals surface area contributed by atoms with Gasteiger partial charge in [-0.05, 0) is 22.9 Å².